The largest absolute Gasteiger partial charge is 0.392 e. The zero-order chi connectivity index (χ0) is 13.8. The summed E-state index contributed by atoms with van der Waals surface area (Å²) >= 11 is 5.03. The highest BCUT2D eigenvalue weighted by molar-refractivity contribution is 7.80. The molecule has 2 fully saturated rings. The van der Waals surface area contributed by atoms with Crippen LogP contribution < -0.4 is 5.73 Å². The van der Waals surface area contributed by atoms with Crippen LogP contribution in [-0.2, 0) is 4.79 Å². The third-order valence-electron chi connectivity index (χ3n) is 4.56. The Hall–Kier alpha value is -0.680. The highest BCUT2D eigenvalue weighted by Crippen LogP contribution is 2.28. The summed E-state index contributed by atoms with van der Waals surface area (Å²) in [6.45, 7) is 5.44. The lowest BCUT2D eigenvalue weighted by Gasteiger charge is -2.38. The van der Waals surface area contributed by atoms with Gasteiger partial charge in [0.2, 0.25) is 5.91 Å². The molecule has 1 amide bonds. The lowest BCUT2D eigenvalue weighted by atomic mass is 10.0. The molecule has 0 spiro atoms. The molecule has 1 saturated carbocycles. The molecule has 1 unspecified atom stereocenters. The highest BCUT2D eigenvalue weighted by Gasteiger charge is 2.27. The van der Waals surface area contributed by atoms with E-state index in [0.717, 1.165) is 32.6 Å². The molecule has 19 heavy (non-hydrogen) atoms. The second-order valence-corrected chi connectivity index (χ2v) is 6.32. The Bertz CT molecular complexity index is 334. The van der Waals surface area contributed by atoms with Crippen molar-refractivity contribution in [2.75, 3.05) is 26.2 Å². The molecule has 2 aliphatic rings. The minimum Gasteiger partial charge on any atom is -0.392 e. The molecule has 0 radical (unpaired) electrons. The molecule has 1 heterocycles. The Morgan fingerprint density at radius 1 is 1.26 bits per heavy atom. The molecule has 5 heteroatoms. The Labute approximate surface area is 121 Å². The zero-order valence-corrected chi connectivity index (χ0v) is 12.6. The molecule has 0 aromatic carbocycles. The minimum absolute atomic E-state index is 0.141. The number of carbonyl (C=O) groups excluding carboxylic acids is 1. The van der Waals surface area contributed by atoms with Gasteiger partial charge < -0.3 is 10.6 Å². The Morgan fingerprint density at radius 3 is 2.37 bits per heavy atom. The zero-order valence-electron chi connectivity index (χ0n) is 11.8. The van der Waals surface area contributed by atoms with E-state index < -0.39 is 0 Å². The van der Waals surface area contributed by atoms with Crippen molar-refractivity contribution in [3.05, 3.63) is 0 Å². The van der Waals surface area contributed by atoms with Gasteiger partial charge in [-0.05, 0) is 25.7 Å². The normalized spacial score (nSPS) is 23.5. The molecule has 1 atom stereocenters. The summed E-state index contributed by atoms with van der Waals surface area (Å²) in [5.41, 5.74) is 5.68. The van der Waals surface area contributed by atoms with Crippen LogP contribution >= 0.6 is 12.2 Å². The number of nitrogens with zero attached hydrogens (tertiary/aromatic N) is 2. The quantitative estimate of drug-likeness (QED) is 0.792. The SMILES string of the molecule is CC(C(N)=S)N1CCN(C(=O)CC2CCCC2)CC1. The van der Waals surface area contributed by atoms with Gasteiger partial charge in [-0.2, -0.15) is 0 Å². The molecular weight excluding hydrogens is 258 g/mol. The highest BCUT2D eigenvalue weighted by atomic mass is 32.1. The predicted molar refractivity (Wildman–Crippen MR) is 81.0 cm³/mol. The number of rotatable bonds is 4. The van der Waals surface area contributed by atoms with Crippen LogP contribution in [0.4, 0.5) is 0 Å². The van der Waals surface area contributed by atoms with Gasteiger partial charge in [0.15, 0.2) is 0 Å². The first-order chi connectivity index (χ1) is 9.08. The average Bonchev–Trinajstić information content (AvgIpc) is 2.90. The van der Waals surface area contributed by atoms with Crippen LogP contribution in [0.3, 0.4) is 0 Å². The topological polar surface area (TPSA) is 49.6 Å². The van der Waals surface area contributed by atoms with Crippen LogP contribution in [-0.4, -0.2) is 52.9 Å². The van der Waals surface area contributed by atoms with E-state index in [0.29, 0.717) is 16.8 Å². The molecule has 1 aliphatic carbocycles. The minimum atomic E-state index is 0.141. The molecule has 0 aromatic rings. The van der Waals surface area contributed by atoms with E-state index in [9.17, 15) is 4.79 Å². The summed E-state index contributed by atoms with van der Waals surface area (Å²) in [6, 6.07) is 0.141. The summed E-state index contributed by atoms with van der Waals surface area (Å²) in [7, 11) is 0. The standard InChI is InChI=1S/C14H25N3OS/c1-11(14(15)19)16-6-8-17(9-7-16)13(18)10-12-4-2-3-5-12/h11-12H,2-10H2,1H3,(H2,15,19). The molecule has 2 rings (SSSR count). The first-order valence-electron chi connectivity index (χ1n) is 7.39. The molecular formula is C14H25N3OS. The van der Waals surface area contributed by atoms with Gasteiger partial charge in [-0.25, -0.2) is 0 Å². The average molecular weight is 283 g/mol. The van der Waals surface area contributed by atoms with Crippen LogP contribution in [0.1, 0.15) is 39.0 Å². The number of thiocarbonyl (C=S) groups is 1. The van der Waals surface area contributed by atoms with Gasteiger partial charge in [-0.1, -0.05) is 25.1 Å². The number of piperazine rings is 1. The van der Waals surface area contributed by atoms with Crippen molar-refractivity contribution in [3.8, 4) is 0 Å². The Morgan fingerprint density at radius 2 is 1.84 bits per heavy atom. The van der Waals surface area contributed by atoms with Crippen molar-refractivity contribution in [2.24, 2.45) is 11.7 Å². The van der Waals surface area contributed by atoms with Crippen LogP contribution in [0.15, 0.2) is 0 Å². The van der Waals surface area contributed by atoms with Gasteiger partial charge in [-0.15, -0.1) is 0 Å². The first kappa shape index (κ1) is 14.7. The van der Waals surface area contributed by atoms with E-state index in [2.05, 4.69) is 4.90 Å². The fraction of sp³-hybridized carbons (Fsp3) is 0.857. The molecule has 4 nitrogen and oxygen atoms in total. The predicted octanol–water partition coefficient (Wildman–Crippen LogP) is 1.39. The van der Waals surface area contributed by atoms with E-state index in [4.69, 9.17) is 18.0 Å². The molecule has 0 aromatic heterocycles. The van der Waals surface area contributed by atoms with Crippen molar-refractivity contribution >= 4 is 23.1 Å². The smallest absolute Gasteiger partial charge is 0.222 e. The summed E-state index contributed by atoms with van der Waals surface area (Å²) in [4.78, 5) is 17.0. The maximum absolute atomic E-state index is 12.2. The second-order valence-electron chi connectivity index (χ2n) is 5.85. The van der Waals surface area contributed by atoms with Crippen molar-refractivity contribution in [1.29, 1.82) is 0 Å². The van der Waals surface area contributed by atoms with Crippen molar-refractivity contribution in [3.63, 3.8) is 0 Å². The van der Waals surface area contributed by atoms with Gasteiger partial charge in [0.05, 0.1) is 11.0 Å². The summed E-state index contributed by atoms with van der Waals surface area (Å²) in [6.07, 6.45) is 5.84. The molecule has 0 bridgehead atoms. The Balaban J connectivity index is 1.76. The lowest BCUT2D eigenvalue weighted by Crippen LogP contribution is -2.54. The first-order valence-corrected chi connectivity index (χ1v) is 7.80. The van der Waals surface area contributed by atoms with Gasteiger partial charge in [0, 0.05) is 32.6 Å². The van der Waals surface area contributed by atoms with Crippen molar-refractivity contribution < 1.29 is 4.79 Å². The summed E-state index contributed by atoms with van der Waals surface area (Å²) in [5, 5.41) is 0. The lowest BCUT2D eigenvalue weighted by molar-refractivity contribution is -0.134. The maximum atomic E-state index is 12.2. The van der Waals surface area contributed by atoms with E-state index >= 15 is 0 Å². The number of carbonyl (C=O) groups is 1. The van der Waals surface area contributed by atoms with E-state index in [1.54, 1.807) is 0 Å². The van der Waals surface area contributed by atoms with Crippen LogP contribution in [0, 0.1) is 5.92 Å². The van der Waals surface area contributed by atoms with Crippen molar-refractivity contribution in [1.82, 2.24) is 9.80 Å². The maximum Gasteiger partial charge on any atom is 0.222 e. The van der Waals surface area contributed by atoms with Crippen LogP contribution in [0.2, 0.25) is 0 Å². The fourth-order valence-electron chi connectivity index (χ4n) is 3.13. The third-order valence-corrected chi connectivity index (χ3v) is 4.91. The van der Waals surface area contributed by atoms with Crippen LogP contribution in [0.25, 0.3) is 0 Å². The van der Waals surface area contributed by atoms with E-state index in [-0.39, 0.29) is 6.04 Å². The van der Waals surface area contributed by atoms with Crippen molar-refractivity contribution in [2.45, 2.75) is 45.1 Å². The van der Waals surface area contributed by atoms with Gasteiger partial charge >= 0.3 is 0 Å². The van der Waals surface area contributed by atoms with Gasteiger partial charge in [0.1, 0.15) is 0 Å². The number of nitrogens with two attached hydrogens (primary N) is 1. The molecule has 1 aliphatic heterocycles. The number of hydrogen-bond acceptors (Lipinski definition) is 3. The Kier molecular flexibility index (Phi) is 5.16. The second kappa shape index (κ2) is 6.66. The van der Waals surface area contributed by atoms with Crippen LogP contribution in [0.5, 0.6) is 0 Å². The van der Waals surface area contributed by atoms with E-state index in [1.807, 2.05) is 11.8 Å². The third kappa shape index (κ3) is 3.89. The van der Waals surface area contributed by atoms with E-state index in [1.165, 1.54) is 25.7 Å². The summed E-state index contributed by atoms with van der Waals surface area (Å²) in [5.74, 6) is 0.982. The van der Waals surface area contributed by atoms with Gasteiger partial charge in [0.25, 0.3) is 0 Å². The summed E-state index contributed by atoms with van der Waals surface area (Å²) < 4.78 is 0. The van der Waals surface area contributed by atoms with Gasteiger partial charge in [-0.3, -0.25) is 9.69 Å². The molecule has 108 valence electrons. The number of hydrogen-bond donors (Lipinski definition) is 1. The number of amides is 1. The molecule has 2 N–H and O–H groups in total. The monoisotopic (exact) mass is 283 g/mol. The molecule has 1 saturated heterocycles. The fourth-order valence-corrected chi connectivity index (χ4v) is 3.28.